The molecule has 37 heavy (non-hydrogen) atoms. The van der Waals surface area contributed by atoms with Gasteiger partial charge in [-0.2, -0.15) is 13.2 Å². The molecular formula is C26H30F4N4O3. The Bertz CT molecular complexity index is 1130. The van der Waals surface area contributed by atoms with E-state index in [1.165, 1.54) is 12.3 Å². The Morgan fingerprint density at radius 1 is 1.14 bits per heavy atom. The second-order valence-electron chi connectivity index (χ2n) is 8.62. The molecule has 1 saturated carbocycles. The van der Waals surface area contributed by atoms with Crippen LogP contribution in [0.5, 0.6) is 5.75 Å². The normalized spacial score (nSPS) is 14.3. The van der Waals surface area contributed by atoms with Crippen LogP contribution in [-0.4, -0.2) is 45.3 Å². The first-order valence-electron chi connectivity index (χ1n) is 11.7. The second kappa shape index (κ2) is 12.1. The summed E-state index contributed by atoms with van der Waals surface area (Å²) in [6.07, 6.45) is -2.66. The minimum absolute atomic E-state index is 0.0742. The summed E-state index contributed by atoms with van der Waals surface area (Å²) >= 11 is 0. The zero-order valence-electron chi connectivity index (χ0n) is 20.7. The molecule has 1 aliphatic rings. The Balaban J connectivity index is 1.57. The van der Waals surface area contributed by atoms with E-state index < -0.39 is 23.4 Å². The number of urea groups is 1. The molecule has 2 aromatic carbocycles. The lowest BCUT2D eigenvalue weighted by molar-refractivity contribution is -0.188. The van der Waals surface area contributed by atoms with Gasteiger partial charge in [0.15, 0.2) is 0 Å². The number of carbonyl (C=O) groups is 1. The van der Waals surface area contributed by atoms with Crippen LogP contribution in [0.25, 0.3) is 5.70 Å². The van der Waals surface area contributed by atoms with Crippen LogP contribution < -0.4 is 20.7 Å². The van der Waals surface area contributed by atoms with Gasteiger partial charge in [0.25, 0.3) is 0 Å². The van der Waals surface area contributed by atoms with E-state index in [9.17, 15) is 22.4 Å². The molecule has 7 nitrogen and oxygen atoms in total. The molecule has 1 fully saturated rings. The molecule has 11 heteroatoms. The molecule has 200 valence electrons. The van der Waals surface area contributed by atoms with Crippen molar-refractivity contribution < 1.29 is 31.8 Å². The highest BCUT2D eigenvalue weighted by Gasteiger charge is 2.62. The van der Waals surface area contributed by atoms with E-state index in [-0.39, 0.29) is 43.7 Å². The Morgan fingerprint density at radius 3 is 2.35 bits per heavy atom. The van der Waals surface area contributed by atoms with E-state index >= 15 is 0 Å². The summed E-state index contributed by atoms with van der Waals surface area (Å²) in [5, 5.41) is 8.06. The third-order valence-corrected chi connectivity index (χ3v) is 5.95. The van der Waals surface area contributed by atoms with Crippen molar-refractivity contribution in [2.24, 2.45) is 10.4 Å². The maximum atomic E-state index is 14.9. The summed E-state index contributed by atoms with van der Waals surface area (Å²) in [5.74, 6) is -0.257. The molecule has 0 radical (unpaired) electrons. The molecule has 0 aliphatic heterocycles. The van der Waals surface area contributed by atoms with Gasteiger partial charge in [-0.3, -0.25) is 4.99 Å². The molecule has 0 saturated heterocycles. The van der Waals surface area contributed by atoms with E-state index in [0.717, 1.165) is 0 Å². The van der Waals surface area contributed by atoms with Gasteiger partial charge < -0.3 is 25.4 Å². The number of carbonyl (C=O) groups excluding carboxylic acids is 1. The van der Waals surface area contributed by atoms with Crippen LogP contribution in [-0.2, 0) is 4.74 Å². The molecule has 0 atom stereocenters. The van der Waals surface area contributed by atoms with E-state index in [1.54, 1.807) is 44.4 Å². The van der Waals surface area contributed by atoms with Crippen molar-refractivity contribution in [1.82, 2.24) is 5.32 Å². The molecule has 0 unspecified atom stereocenters. The van der Waals surface area contributed by atoms with Crippen LogP contribution in [0.2, 0.25) is 0 Å². The van der Waals surface area contributed by atoms with Gasteiger partial charge in [-0.05, 0) is 50.5 Å². The third-order valence-electron chi connectivity index (χ3n) is 5.95. The number of nitrogens with one attached hydrogen (secondary N) is 3. The fourth-order valence-electron chi connectivity index (χ4n) is 3.72. The average molecular weight is 523 g/mol. The number of alkyl halides is 3. The topological polar surface area (TPSA) is 84.0 Å². The minimum Gasteiger partial charge on any atom is -0.491 e. The Hall–Kier alpha value is -3.60. The number of ether oxygens (including phenoxy) is 2. The average Bonchev–Trinajstić information content (AvgIpc) is 3.62. The number of aliphatic imine (C=N–C) groups is 1. The lowest BCUT2D eigenvalue weighted by Gasteiger charge is -2.19. The van der Waals surface area contributed by atoms with Crippen molar-refractivity contribution in [3.63, 3.8) is 0 Å². The summed E-state index contributed by atoms with van der Waals surface area (Å²) in [5.41, 5.74) is 0.120. The number of benzene rings is 2. The maximum absolute atomic E-state index is 14.9. The first-order chi connectivity index (χ1) is 17.6. The molecule has 2 aromatic rings. The number of hydrogen-bond donors (Lipinski definition) is 3. The van der Waals surface area contributed by atoms with Gasteiger partial charge >= 0.3 is 12.2 Å². The number of hydrogen-bond acceptors (Lipinski definition) is 5. The monoisotopic (exact) mass is 522 g/mol. The Labute approximate surface area is 212 Å². The van der Waals surface area contributed by atoms with E-state index in [4.69, 9.17) is 9.47 Å². The molecule has 0 bridgehead atoms. The molecule has 0 aromatic heterocycles. The highest BCUT2D eigenvalue weighted by Crippen LogP contribution is 2.59. The molecule has 0 heterocycles. The van der Waals surface area contributed by atoms with Gasteiger partial charge in [0.2, 0.25) is 0 Å². The SMILES string of the molecule is C=C(Nc1ccc(NC(=O)NCCC2(C(F)(F)F)CC2)cc1)c1c(F)cc(OCCOC)cc1N=CC. The standard InChI is InChI=1S/C26H30F4N4O3/c1-4-31-22-16-20(37-14-13-36-3)15-21(27)23(22)17(2)33-18-5-7-19(8-6-18)34-24(35)32-12-11-25(9-10-25)26(28,29)30/h4-8,15-16,33H,2,9-14H2,1,3H3,(H2,32,34,35). The van der Waals surface area contributed by atoms with Gasteiger partial charge in [-0.1, -0.05) is 6.58 Å². The van der Waals surface area contributed by atoms with Crippen LogP contribution in [0.3, 0.4) is 0 Å². The molecule has 1 aliphatic carbocycles. The smallest absolute Gasteiger partial charge is 0.394 e. The lowest BCUT2D eigenvalue weighted by atomic mass is 10.0. The van der Waals surface area contributed by atoms with Gasteiger partial charge in [0, 0.05) is 49.1 Å². The van der Waals surface area contributed by atoms with Gasteiger partial charge in [-0.15, -0.1) is 0 Å². The summed E-state index contributed by atoms with van der Waals surface area (Å²) < 4.78 is 64.3. The number of halogens is 4. The van der Waals surface area contributed by atoms with Crippen molar-refractivity contribution in [3.05, 3.63) is 54.4 Å². The number of amides is 2. The maximum Gasteiger partial charge on any atom is 0.394 e. The zero-order valence-corrected chi connectivity index (χ0v) is 20.7. The van der Waals surface area contributed by atoms with Crippen molar-refractivity contribution in [2.75, 3.05) is 37.5 Å². The number of rotatable bonds is 12. The number of nitrogens with zero attached hydrogens (tertiary/aromatic N) is 1. The quantitative estimate of drug-likeness (QED) is 0.169. The predicted octanol–water partition coefficient (Wildman–Crippen LogP) is 6.51. The molecule has 3 rings (SSSR count). The minimum atomic E-state index is -4.25. The van der Waals surface area contributed by atoms with Crippen molar-refractivity contribution >= 4 is 35.0 Å². The fourth-order valence-corrected chi connectivity index (χ4v) is 3.72. The van der Waals surface area contributed by atoms with Crippen molar-refractivity contribution in [2.45, 2.75) is 32.4 Å². The first kappa shape index (κ1) is 28.0. The van der Waals surface area contributed by atoms with Gasteiger partial charge in [-0.25, -0.2) is 9.18 Å². The first-order valence-corrected chi connectivity index (χ1v) is 11.7. The molecule has 2 amide bonds. The van der Waals surface area contributed by atoms with E-state index in [0.29, 0.717) is 29.4 Å². The van der Waals surface area contributed by atoms with Crippen LogP contribution in [0.4, 0.5) is 39.4 Å². The Morgan fingerprint density at radius 2 is 1.78 bits per heavy atom. The highest BCUT2D eigenvalue weighted by molar-refractivity contribution is 5.90. The lowest BCUT2D eigenvalue weighted by Crippen LogP contribution is -2.34. The van der Waals surface area contributed by atoms with Crippen molar-refractivity contribution in [1.29, 1.82) is 0 Å². The molecule has 0 spiro atoms. The largest absolute Gasteiger partial charge is 0.491 e. The van der Waals surface area contributed by atoms with Crippen LogP contribution in [0.15, 0.2) is 48.0 Å². The van der Waals surface area contributed by atoms with Gasteiger partial charge in [0.1, 0.15) is 18.2 Å². The summed E-state index contributed by atoms with van der Waals surface area (Å²) in [4.78, 5) is 16.3. The van der Waals surface area contributed by atoms with E-state index in [2.05, 4.69) is 27.5 Å². The van der Waals surface area contributed by atoms with Crippen LogP contribution in [0.1, 0.15) is 31.7 Å². The third kappa shape index (κ3) is 7.45. The fraction of sp³-hybridized carbons (Fsp3) is 0.385. The van der Waals surface area contributed by atoms with Crippen LogP contribution >= 0.6 is 0 Å². The summed E-state index contributed by atoms with van der Waals surface area (Å²) in [6, 6.07) is 8.74. The summed E-state index contributed by atoms with van der Waals surface area (Å²) in [6.45, 7) is 6.18. The van der Waals surface area contributed by atoms with Crippen LogP contribution in [0, 0.1) is 11.2 Å². The van der Waals surface area contributed by atoms with Crippen molar-refractivity contribution in [3.8, 4) is 5.75 Å². The Kier molecular flexibility index (Phi) is 9.14. The molecular weight excluding hydrogens is 492 g/mol. The highest BCUT2D eigenvalue weighted by atomic mass is 19.4. The number of methoxy groups -OCH3 is 1. The predicted molar refractivity (Wildman–Crippen MR) is 136 cm³/mol. The molecule has 3 N–H and O–H groups in total. The number of anilines is 2. The van der Waals surface area contributed by atoms with E-state index in [1.807, 2.05) is 0 Å². The van der Waals surface area contributed by atoms with Gasteiger partial charge in [0.05, 0.1) is 23.3 Å². The zero-order chi connectivity index (χ0) is 27.1. The summed E-state index contributed by atoms with van der Waals surface area (Å²) in [7, 11) is 1.54. The second-order valence-corrected chi connectivity index (χ2v) is 8.62.